The Morgan fingerprint density at radius 2 is 2.50 bits per heavy atom. The molecule has 0 radical (unpaired) electrons. The van der Waals surface area contributed by atoms with Crippen molar-refractivity contribution < 1.29 is 13.9 Å². The van der Waals surface area contributed by atoms with Crippen LogP contribution in [0.1, 0.15) is 5.56 Å². The number of hydrogen-bond acceptors (Lipinski definition) is 4. The number of nitrogens with zero attached hydrogens (tertiary/aromatic N) is 2. The van der Waals surface area contributed by atoms with Crippen LogP contribution in [0.2, 0.25) is 0 Å². The largest absolute Gasteiger partial charge is 0.366 e. The lowest BCUT2D eigenvalue weighted by atomic mass is 10.2. The molecule has 0 saturated carbocycles. The van der Waals surface area contributed by atoms with E-state index in [0.717, 1.165) is 12.1 Å². The third-order valence-electron chi connectivity index (χ3n) is 2.88. The highest BCUT2D eigenvalue weighted by Crippen LogP contribution is 2.10. The molecule has 1 fully saturated rings. The van der Waals surface area contributed by atoms with Gasteiger partial charge in [0.1, 0.15) is 6.10 Å². The molecular weight excluding hydrogens is 237 g/mol. The minimum absolute atomic E-state index is 0.114. The molecule has 18 heavy (non-hydrogen) atoms. The quantitative estimate of drug-likeness (QED) is 0.780. The summed E-state index contributed by atoms with van der Waals surface area (Å²) >= 11 is 0. The molecule has 1 atom stereocenters. The molecule has 1 N–H and O–H groups in total. The van der Waals surface area contributed by atoms with E-state index in [1.165, 1.54) is 12.3 Å². The van der Waals surface area contributed by atoms with E-state index in [4.69, 9.17) is 4.74 Å². The van der Waals surface area contributed by atoms with E-state index in [-0.39, 0.29) is 5.91 Å². The Bertz CT molecular complexity index is 410. The van der Waals surface area contributed by atoms with Crippen LogP contribution >= 0.6 is 0 Å². The summed E-state index contributed by atoms with van der Waals surface area (Å²) in [5.74, 6) is -0.596. The molecule has 0 spiro atoms. The van der Waals surface area contributed by atoms with Gasteiger partial charge in [0.25, 0.3) is 0 Å². The smallest absolute Gasteiger partial charge is 0.250 e. The lowest BCUT2D eigenvalue weighted by molar-refractivity contribution is -0.138. The predicted octanol–water partition coefficient (Wildman–Crippen LogP) is 0.167. The Balaban J connectivity index is 1.93. The van der Waals surface area contributed by atoms with E-state index >= 15 is 0 Å². The molecule has 1 amide bonds. The summed E-state index contributed by atoms with van der Waals surface area (Å²) in [6, 6.07) is 3.04. The monoisotopic (exact) mass is 253 g/mol. The van der Waals surface area contributed by atoms with Crippen LogP contribution < -0.4 is 5.32 Å². The van der Waals surface area contributed by atoms with Crippen molar-refractivity contribution in [3.63, 3.8) is 0 Å². The average Bonchev–Trinajstić information content (AvgIpc) is 2.41. The molecule has 0 aromatic carbocycles. The van der Waals surface area contributed by atoms with Gasteiger partial charge >= 0.3 is 0 Å². The van der Waals surface area contributed by atoms with Crippen molar-refractivity contribution in [3.8, 4) is 0 Å². The fourth-order valence-electron chi connectivity index (χ4n) is 1.92. The second-order valence-corrected chi connectivity index (χ2v) is 4.20. The molecule has 1 aromatic rings. The molecule has 1 aliphatic rings. The zero-order valence-electron chi connectivity index (χ0n) is 10.2. The van der Waals surface area contributed by atoms with E-state index < -0.39 is 12.1 Å². The number of hydrogen-bond donors (Lipinski definition) is 1. The van der Waals surface area contributed by atoms with E-state index in [1.54, 1.807) is 13.1 Å². The first-order chi connectivity index (χ1) is 8.69. The highest BCUT2D eigenvalue weighted by Gasteiger charge is 2.25. The van der Waals surface area contributed by atoms with E-state index in [2.05, 4.69) is 15.2 Å². The summed E-state index contributed by atoms with van der Waals surface area (Å²) in [6.45, 7) is 2.46. The minimum Gasteiger partial charge on any atom is -0.366 e. The van der Waals surface area contributed by atoms with Crippen molar-refractivity contribution >= 4 is 5.91 Å². The second-order valence-electron chi connectivity index (χ2n) is 4.20. The van der Waals surface area contributed by atoms with Crippen molar-refractivity contribution in [2.45, 2.75) is 12.6 Å². The van der Waals surface area contributed by atoms with Crippen molar-refractivity contribution in [2.24, 2.45) is 0 Å². The summed E-state index contributed by atoms with van der Waals surface area (Å²) < 4.78 is 18.1. The summed E-state index contributed by atoms with van der Waals surface area (Å²) in [7, 11) is 1.59. The highest BCUT2D eigenvalue weighted by atomic mass is 19.1. The number of rotatable bonds is 3. The van der Waals surface area contributed by atoms with Gasteiger partial charge in [0.2, 0.25) is 11.9 Å². The highest BCUT2D eigenvalue weighted by molar-refractivity contribution is 5.80. The Kier molecular flexibility index (Phi) is 4.22. The van der Waals surface area contributed by atoms with Crippen molar-refractivity contribution in [3.05, 3.63) is 29.8 Å². The number of ether oxygens (including phenoxy) is 1. The van der Waals surface area contributed by atoms with Crippen LogP contribution in [0.4, 0.5) is 4.39 Å². The summed E-state index contributed by atoms with van der Waals surface area (Å²) in [5.41, 5.74) is 0.925. The van der Waals surface area contributed by atoms with Gasteiger partial charge in [-0.05, 0) is 11.6 Å². The predicted molar refractivity (Wildman–Crippen MR) is 63.3 cm³/mol. The molecular formula is C12H16FN3O2. The Hall–Kier alpha value is -1.53. The molecule has 0 aliphatic carbocycles. The average molecular weight is 253 g/mol. The normalized spacial score (nSPS) is 20.7. The molecule has 98 valence electrons. The van der Waals surface area contributed by atoms with Gasteiger partial charge in [0.15, 0.2) is 0 Å². The van der Waals surface area contributed by atoms with Gasteiger partial charge in [0.05, 0.1) is 6.61 Å². The van der Waals surface area contributed by atoms with Crippen LogP contribution in [-0.4, -0.2) is 48.6 Å². The van der Waals surface area contributed by atoms with Crippen molar-refractivity contribution in [2.75, 3.05) is 26.7 Å². The SMILES string of the molecule is CNC(=O)C1CN(Cc2ccc(F)nc2)CCO1. The fraction of sp³-hybridized carbons (Fsp3) is 0.500. The van der Waals surface area contributed by atoms with E-state index in [9.17, 15) is 9.18 Å². The molecule has 2 heterocycles. The number of amides is 1. The third kappa shape index (κ3) is 3.24. The maximum absolute atomic E-state index is 12.7. The van der Waals surface area contributed by atoms with Gasteiger partial charge in [-0.15, -0.1) is 0 Å². The van der Waals surface area contributed by atoms with Gasteiger partial charge in [-0.2, -0.15) is 4.39 Å². The number of carbonyl (C=O) groups is 1. The Morgan fingerprint density at radius 1 is 1.67 bits per heavy atom. The van der Waals surface area contributed by atoms with Crippen LogP contribution in [0.3, 0.4) is 0 Å². The second kappa shape index (κ2) is 5.88. The standard InChI is InChI=1S/C12H16FN3O2/c1-14-12(17)10-8-16(4-5-18-10)7-9-2-3-11(13)15-6-9/h2-3,6,10H,4-5,7-8H2,1H3,(H,14,17). The maximum Gasteiger partial charge on any atom is 0.250 e. The Morgan fingerprint density at radius 3 is 3.17 bits per heavy atom. The van der Waals surface area contributed by atoms with Gasteiger partial charge in [0, 0.05) is 32.9 Å². The molecule has 0 bridgehead atoms. The number of pyridine rings is 1. The minimum atomic E-state index is -0.482. The topological polar surface area (TPSA) is 54.5 Å². The van der Waals surface area contributed by atoms with Crippen LogP contribution in [0, 0.1) is 5.95 Å². The fourth-order valence-corrected chi connectivity index (χ4v) is 1.92. The van der Waals surface area contributed by atoms with Crippen molar-refractivity contribution in [1.82, 2.24) is 15.2 Å². The Labute approximate surface area is 105 Å². The summed E-state index contributed by atoms with van der Waals surface area (Å²) in [5, 5.41) is 2.57. The van der Waals surface area contributed by atoms with Gasteiger partial charge in [-0.25, -0.2) is 4.98 Å². The van der Waals surface area contributed by atoms with Crippen molar-refractivity contribution in [1.29, 1.82) is 0 Å². The molecule has 2 rings (SSSR count). The number of likely N-dealkylation sites (N-methyl/N-ethyl adjacent to an activating group) is 1. The lowest BCUT2D eigenvalue weighted by Crippen LogP contribution is -2.48. The number of halogens is 1. The van der Waals surface area contributed by atoms with Crippen LogP contribution in [-0.2, 0) is 16.1 Å². The van der Waals surface area contributed by atoms with Gasteiger partial charge in [-0.3, -0.25) is 9.69 Å². The van der Waals surface area contributed by atoms with E-state index in [0.29, 0.717) is 19.7 Å². The third-order valence-corrected chi connectivity index (χ3v) is 2.88. The van der Waals surface area contributed by atoms with Crippen LogP contribution in [0.15, 0.2) is 18.3 Å². The first-order valence-corrected chi connectivity index (χ1v) is 5.85. The zero-order chi connectivity index (χ0) is 13.0. The zero-order valence-corrected chi connectivity index (χ0v) is 10.2. The number of aromatic nitrogens is 1. The molecule has 6 heteroatoms. The maximum atomic E-state index is 12.7. The summed E-state index contributed by atoms with van der Waals surface area (Å²) in [6.07, 6.45) is 1.08. The molecule has 1 aromatic heterocycles. The van der Waals surface area contributed by atoms with E-state index in [1.807, 2.05) is 0 Å². The molecule has 1 saturated heterocycles. The number of carbonyl (C=O) groups excluding carboxylic acids is 1. The molecule has 1 aliphatic heterocycles. The molecule has 1 unspecified atom stereocenters. The van der Waals surface area contributed by atoms with Crippen LogP contribution in [0.5, 0.6) is 0 Å². The first-order valence-electron chi connectivity index (χ1n) is 5.85. The van der Waals surface area contributed by atoms with Gasteiger partial charge < -0.3 is 10.1 Å². The number of nitrogens with one attached hydrogen (secondary N) is 1. The van der Waals surface area contributed by atoms with Crippen LogP contribution in [0.25, 0.3) is 0 Å². The first kappa shape index (κ1) is 12.9. The summed E-state index contributed by atoms with van der Waals surface area (Å²) in [4.78, 5) is 17.2. The van der Waals surface area contributed by atoms with Gasteiger partial charge in [-0.1, -0.05) is 6.07 Å². The number of morpholine rings is 1. The molecule has 5 nitrogen and oxygen atoms in total. The lowest BCUT2D eigenvalue weighted by Gasteiger charge is -2.31.